The second kappa shape index (κ2) is 12.6. The molecule has 0 saturated heterocycles. The van der Waals surface area contributed by atoms with Crippen LogP contribution in [0.4, 0.5) is 17.1 Å². The van der Waals surface area contributed by atoms with E-state index in [4.69, 9.17) is 8.83 Å². The number of hydrogen-bond donors (Lipinski definition) is 0. The molecule has 9 aromatic carbocycles. The lowest BCUT2D eigenvalue weighted by Crippen LogP contribution is -2.10. The number of benzene rings is 9. The van der Waals surface area contributed by atoms with Crippen molar-refractivity contribution >= 4 is 71.7 Å². The van der Waals surface area contributed by atoms with E-state index >= 15 is 0 Å². The molecule has 0 aliphatic carbocycles. The molecule has 0 saturated carbocycles. The predicted molar refractivity (Wildman–Crippen MR) is 229 cm³/mol. The van der Waals surface area contributed by atoms with E-state index in [0.717, 1.165) is 77.6 Å². The normalized spacial score (nSPS) is 11.6. The molecule has 0 aliphatic heterocycles. The van der Waals surface area contributed by atoms with Gasteiger partial charge in [0.15, 0.2) is 5.58 Å². The van der Waals surface area contributed by atoms with Crippen molar-refractivity contribution in [2.75, 3.05) is 4.90 Å². The maximum absolute atomic E-state index is 6.74. The second-order valence-electron chi connectivity index (χ2n) is 14.0. The monoisotopic (exact) mass is 703 g/mol. The van der Waals surface area contributed by atoms with Crippen molar-refractivity contribution in [1.82, 2.24) is 0 Å². The summed E-state index contributed by atoms with van der Waals surface area (Å²) in [6.07, 6.45) is 0. The largest absolute Gasteiger partial charge is 0.455 e. The minimum absolute atomic E-state index is 0.837. The SMILES string of the molecule is c1ccc(-c2cccc3ccc(-c4ccc(N(c5cccc6c5oc5ccccc56)c5ccc(-c6ccccc6)c6oc7ccccc7c56)cc4)cc23)cc1. The average molecular weight is 704 g/mol. The standard InChI is InChI=1S/C52H33NO2/c1-3-13-35(14-4-1)40-20-11-17-37-25-26-38(33-45(37)40)34-27-29-39(30-28-34)53(47-22-12-21-43-42-18-7-9-23-48(42)54-51(43)47)46-32-31-41(36-15-5-2-6-16-36)52-50(46)44-19-8-10-24-49(44)55-52/h1-33H. The number of anilines is 3. The maximum Gasteiger partial charge on any atom is 0.159 e. The van der Waals surface area contributed by atoms with Gasteiger partial charge >= 0.3 is 0 Å². The fraction of sp³-hybridized carbons (Fsp3) is 0. The molecule has 258 valence electrons. The van der Waals surface area contributed by atoms with Crippen LogP contribution in [0.25, 0.3) is 88.0 Å². The molecule has 0 radical (unpaired) electrons. The molecular weight excluding hydrogens is 671 g/mol. The summed E-state index contributed by atoms with van der Waals surface area (Å²) in [5, 5.41) is 6.75. The lowest BCUT2D eigenvalue weighted by atomic mass is 9.94. The Labute approximate surface area is 317 Å². The van der Waals surface area contributed by atoms with Crippen LogP contribution >= 0.6 is 0 Å². The molecule has 11 aromatic rings. The Hall–Kier alpha value is -7.36. The van der Waals surface area contributed by atoms with E-state index in [2.05, 4.69) is 181 Å². The quantitative estimate of drug-likeness (QED) is 0.173. The number of fused-ring (bicyclic) bond motifs is 7. The summed E-state index contributed by atoms with van der Waals surface area (Å²) in [5.41, 5.74) is 13.3. The fourth-order valence-corrected chi connectivity index (χ4v) is 8.28. The molecule has 3 heteroatoms. The van der Waals surface area contributed by atoms with Crippen LogP contribution in [0, 0.1) is 0 Å². The highest BCUT2D eigenvalue weighted by Crippen LogP contribution is 2.48. The Morgan fingerprint density at radius 3 is 1.73 bits per heavy atom. The molecule has 0 unspecified atom stereocenters. The first-order valence-corrected chi connectivity index (χ1v) is 18.7. The zero-order valence-electron chi connectivity index (χ0n) is 29.8. The highest BCUT2D eigenvalue weighted by molar-refractivity contribution is 6.18. The number of hydrogen-bond acceptors (Lipinski definition) is 3. The topological polar surface area (TPSA) is 29.5 Å². The van der Waals surface area contributed by atoms with Crippen LogP contribution in [0.5, 0.6) is 0 Å². The first-order valence-electron chi connectivity index (χ1n) is 18.7. The van der Waals surface area contributed by atoms with Crippen LogP contribution in [-0.2, 0) is 0 Å². The third-order valence-electron chi connectivity index (χ3n) is 10.9. The van der Waals surface area contributed by atoms with Gasteiger partial charge in [0.05, 0.1) is 16.8 Å². The van der Waals surface area contributed by atoms with Gasteiger partial charge < -0.3 is 13.7 Å². The van der Waals surface area contributed by atoms with Crippen LogP contribution in [-0.4, -0.2) is 0 Å². The Morgan fingerprint density at radius 2 is 0.945 bits per heavy atom. The van der Waals surface area contributed by atoms with Gasteiger partial charge in [0.25, 0.3) is 0 Å². The van der Waals surface area contributed by atoms with Crippen molar-refractivity contribution in [3.05, 3.63) is 200 Å². The number of furan rings is 2. The molecule has 0 spiro atoms. The van der Waals surface area contributed by atoms with Crippen LogP contribution in [0.1, 0.15) is 0 Å². The highest BCUT2D eigenvalue weighted by atomic mass is 16.3. The van der Waals surface area contributed by atoms with Crippen LogP contribution < -0.4 is 4.90 Å². The molecule has 2 heterocycles. The van der Waals surface area contributed by atoms with E-state index in [-0.39, 0.29) is 0 Å². The summed E-state index contributed by atoms with van der Waals surface area (Å²) in [6, 6.07) is 70.8. The van der Waals surface area contributed by atoms with Crippen LogP contribution in [0.2, 0.25) is 0 Å². The molecule has 11 rings (SSSR count). The van der Waals surface area contributed by atoms with Gasteiger partial charge in [0, 0.05) is 27.4 Å². The van der Waals surface area contributed by atoms with E-state index < -0.39 is 0 Å². The maximum atomic E-state index is 6.74. The van der Waals surface area contributed by atoms with Crippen LogP contribution in [0.3, 0.4) is 0 Å². The Morgan fingerprint density at radius 1 is 0.327 bits per heavy atom. The molecule has 0 fully saturated rings. The van der Waals surface area contributed by atoms with Crippen molar-refractivity contribution in [1.29, 1.82) is 0 Å². The molecule has 0 aliphatic rings. The van der Waals surface area contributed by atoms with Crippen molar-refractivity contribution in [2.45, 2.75) is 0 Å². The molecule has 55 heavy (non-hydrogen) atoms. The highest BCUT2D eigenvalue weighted by Gasteiger charge is 2.25. The minimum atomic E-state index is 0.837. The van der Waals surface area contributed by atoms with E-state index in [0.29, 0.717) is 0 Å². The first kappa shape index (κ1) is 31.2. The van der Waals surface area contributed by atoms with Gasteiger partial charge in [-0.05, 0) is 87.1 Å². The van der Waals surface area contributed by atoms with Crippen molar-refractivity contribution in [3.63, 3.8) is 0 Å². The predicted octanol–water partition coefficient (Wildman–Crippen LogP) is 15.1. The molecule has 0 atom stereocenters. The number of rotatable bonds is 6. The van der Waals surface area contributed by atoms with Gasteiger partial charge in [-0.2, -0.15) is 0 Å². The lowest BCUT2D eigenvalue weighted by molar-refractivity contribution is 0.668. The summed E-state index contributed by atoms with van der Waals surface area (Å²) >= 11 is 0. The summed E-state index contributed by atoms with van der Waals surface area (Å²) in [4.78, 5) is 2.33. The first-order chi connectivity index (χ1) is 27.3. The zero-order valence-corrected chi connectivity index (χ0v) is 29.8. The van der Waals surface area contributed by atoms with E-state index in [9.17, 15) is 0 Å². The lowest BCUT2D eigenvalue weighted by Gasteiger charge is -2.27. The Bertz CT molecular complexity index is 3190. The Balaban J connectivity index is 1.13. The molecule has 3 nitrogen and oxygen atoms in total. The van der Waals surface area contributed by atoms with Crippen molar-refractivity contribution < 1.29 is 8.83 Å². The van der Waals surface area contributed by atoms with Crippen molar-refractivity contribution in [2.24, 2.45) is 0 Å². The zero-order chi connectivity index (χ0) is 36.3. The summed E-state index contributed by atoms with van der Waals surface area (Å²) < 4.78 is 13.4. The minimum Gasteiger partial charge on any atom is -0.455 e. The summed E-state index contributed by atoms with van der Waals surface area (Å²) in [6.45, 7) is 0. The van der Waals surface area contributed by atoms with Gasteiger partial charge in [0.2, 0.25) is 0 Å². The summed E-state index contributed by atoms with van der Waals surface area (Å²) in [7, 11) is 0. The van der Waals surface area contributed by atoms with Gasteiger partial charge in [-0.3, -0.25) is 0 Å². The number of nitrogens with zero attached hydrogens (tertiary/aromatic N) is 1. The third-order valence-corrected chi connectivity index (χ3v) is 10.9. The number of para-hydroxylation sites is 3. The summed E-state index contributed by atoms with van der Waals surface area (Å²) in [5.74, 6) is 0. The van der Waals surface area contributed by atoms with Gasteiger partial charge in [-0.25, -0.2) is 0 Å². The smallest absolute Gasteiger partial charge is 0.159 e. The third kappa shape index (κ3) is 5.13. The molecule has 0 N–H and O–H groups in total. The van der Waals surface area contributed by atoms with E-state index in [1.807, 2.05) is 24.3 Å². The molecule has 0 amide bonds. The van der Waals surface area contributed by atoms with Gasteiger partial charge in [-0.1, -0.05) is 152 Å². The van der Waals surface area contributed by atoms with Gasteiger partial charge in [-0.15, -0.1) is 0 Å². The van der Waals surface area contributed by atoms with Crippen molar-refractivity contribution in [3.8, 4) is 33.4 Å². The second-order valence-corrected chi connectivity index (χ2v) is 14.0. The van der Waals surface area contributed by atoms with E-state index in [1.54, 1.807) is 0 Å². The van der Waals surface area contributed by atoms with Gasteiger partial charge in [0.1, 0.15) is 16.7 Å². The Kier molecular flexibility index (Phi) is 7.17. The average Bonchev–Trinajstić information content (AvgIpc) is 3.84. The fourth-order valence-electron chi connectivity index (χ4n) is 8.28. The van der Waals surface area contributed by atoms with E-state index in [1.165, 1.54) is 27.5 Å². The molecule has 2 aromatic heterocycles. The molecular formula is C52H33NO2. The molecule has 0 bridgehead atoms. The van der Waals surface area contributed by atoms with Crippen LogP contribution in [0.15, 0.2) is 209 Å².